The van der Waals surface area contributed by atoms with Gasteiger partial charge in [0.05, 0.1) is 13.2 Å². The number of nitrogens with zero attached hydrogens (tertiary/aromatic N) is 1. The van der Waals surface area contributed by atoms with Crippen LogP contribution in [0.4, 0.5) is 4.79 Å². The minimum Gasteiger partial charge on any atom is -0.383 e. The van der Waals surface area contributed by atoms with Crippen molar-refractivity contribution in [2.24, 2.45) is 0 Å². The maximum absolute atomic E-state index is 12.2. The number of urea groups is 1. The number of carbonyl (C=O) groups excluding carboxylic acids is 2. The first-order chi connectivity index (χ1) is 11.7. The Hall–Kier alpha value is -1.83. The molecule has 0 radical (unpaired) electrons. The van der Waals surface area contributed by atoms with E-state index in [2.05, 4.69) is 22.0 Å². The van der Waals surface area contributed by atoms with Crippen molar-refractivity contribution in [3.63, 3.8) is 0 Å². The molecular formula is C17H27ClN4O3. The van der Waals surface area contributed by atoms with Gasteiger partial charge in [0, 0.05) is 39.8 Å². The molecule has 1 aliphatic rings. The number of carbonyl (C=O) groups is 2. The zero-order valence-electron chi connectivity index (χ0n) is 14.5. The molecule has 140 valence electrons. The molecule has 8 heteroatoms. The molecule has 1 aliphatic heterocycles. The number of hydrogen-bond donors (Lipinski definition) is 3. The number of benzene rings is 1. The molecule has 25 heavy (non-hydrogen) atoms. The number of methoxy groups -OCH3 is 1. The Morgan fingerprint density at radius 3 is 2.64 bits per heavy atom. The van der Waals surface area contributed by atoms with E-state index in [0.29, 0.717) is 32.8 Å². The lowest BCUT2D eigenvalue weighted by atomic mass is 10.0. The van der Waals surface area contributed by atoms with E-state index >= 15 is 0 Å². The number of hydrogen-bond acceptors (Lipinski definition) is 4. The van der Waals surface area contributed by atoms with E-state index < -0.39 is 0 Å². The maximum Gasteiger partial charge on any atom is 0.318 e. The van der Waals surface area contributed by atoms with Crippen molar-refractivity contribution in [1.82, 2.24) is 20.9 Å². The van der Waals surface area contributed by atoms with E-state index in [-0.39, 0.29) is 30.9 Å². The summed E-state index contributed by atoms with van der Waals surface area (Å²) in [4.78, 5) is 25.6. The van der Waals surface area contributed by atoms with Gasteiger partial charge in [-0.05, 0) is 17.5 Å². The normalized spacial score (nSPS) is 12.8. The first-order valence-electron chi connectivity index (χ1n) is 8.26. The first-order valence-corrected chi connectivity index (χ1v) is 8.26. The summed E-state index contributed by atoms with van der Waals surface area (Å²) >= 11 is 0. The van der Waals surface area contributed by atoms with Crippen molar-refractivity contribution < 1.29 is 14.3 Å². The first kappa shape index (κ1) is 21.2. The Labute approximate surface area is 154 Å². The van der Waals surface area contributed by atoms with Gasteiger partial charge in [-0.2, -0.15) is 0 Å². The van der Waals surface area contributed by atoms with Crippen molar-refractivity contribution in [2.75, 3.05) is 46.4 Å². The monoisotopic (exact) mass is 370 g/mol. The Bertz CT molecular complexity index is 556. The minimum atomic E-state index is -0.196. The SMILES string of the molecule is COCCNCCNC(=O)CNC(=O)N1CCc2ccccc2C1.Cl. The quantitative estimate of drug-likeness (QED) is 0.583. The van der Waals surface area contributed by atoms with Gasteiger partial charge in [0.2, 0.25) is 5.91 Å². The van der Waals surface area contributed by atoms with E-state index in [1.54, 1.807) is 12.0 Å². The summed E-state index contributed by atoms with van der Waals surface area (Å²) in [6, 6.07) is 7.94. The average Bonchev–Trinajstić information content (AvgIpc) is 2.62. The molecule has 0 aromatic heterocycles. The van der Waals surface area contributed by atoms with Gasteiger partial charge in [-0.3, -0.25) is 4.79 Å². The Kier molecular flexibility index (Phi) is 9.91. The second-order valence-corrected chi connectivity index (χ2v) is 5.69. The number of rotatable bonds is 8. The maximum atomic E-state index is 12.2. The third-order valence-electron chi connectivity index (χ3n) is 3.92. The molecule has 2 rings (SSSR count). The number of amides is 3. The van der Waals surface area contributed by atoms with Crippen LogP contribution in [0, 0.1) is 0 Å². The highest BCUT2D eigenvalue weighted by molar-refractivity contribution is 5.85. The van der Waals surface area contributed by atoms with Gasteiger partial charge in [-0.1, -0.05) is 24.3 Å². The van der Waals surface area contributed by atoms with Crippen molar-refractivity contribution >= 4 is 24.3 Å². The lowest BCUT2D eigenvalue weighted by Crippen LogP contribution is -2.46. The number of fused-ring (bicyclic) bond motifs is 1. The number of halogens is 1. The van der Waals surface area contributed by atoms with E-state index in [4.69, 9.17) is 4.74 Å². The molecule has 0 saturated heterocycles. The predicted molar refractivity (Wildman–Crippen MR) is 99.0 cm³/mol. The molecule has 1 heterocycles. The Morgan fingerprint density at radius 2 is 1.88 bits per heavy atom. The van der Waals surface area contributed by atoms with Crippen LogP contribution in [0.1, 0.15) is 11.1 Å². The lowest BCUT2D eigenvalue weighted by molar-refractivity contribution is -0.120. The van der Waals surface area contributed by atoms with Gasteiger partial charge in [-0.15, -0.1) is 12.4 Å². The highest BCUT2D eigenvalue weighted by Gasteiger charge is 2.20. The van der Waals surface area contributed by atoms with Gasteiger partial charge >= 0.3 is 6.03 Å². The summed E-state index contributed by atoms with van der Waals surface area (Å²) in [5.41, 5.74) is 2.46. The Morgan fingerprint density at radius 1 is 1.12 bits per heavy atom. The predicted octanol–water partition coefficient (Wildman–Crippen LogP) is 0.528. The minimum absolute atomic E-state index is 0. The molecule has 0 unspecified atom stereocenters. The van der Waals surface area contributed by atoms with Crippen LogP contribution in [0.15, 0.2) is 24.3 Å². The van der Waals surface area contributed by atoms with Crippen molar-refractivity contribution in [2.45, 2.75) is 13.0 Å². The Balaban J connectivity index is 0.00000312. The third-order valence-corrected chi connectivity index (χ3v) is 3.92. The second kappa shape index (κ2) is 11.7. The molecule has 3 N–H and O–H groups in total. The molecule has 1 aromatic rings. The number of nitrogens with one attached hydrogen (secondary N) is 3. The fourth-order valence-electron chi connectivity index (χ4n) is 2.59. The summed E-state index contributed by atoms with van der Waals surface area (Å²) in [5.74, 6) is -0.186. The second-order valence-electron chi connectivity index (χ2n) is 5.69. The van der Waals surface area contributed by atoms with Crippen LogP contribution in [-0.4, -0.2) is 63.3 Å². The topological polar surface area (TPSA) is 82.7 Å². The zero-order valence-corrected chi connectivity index (χ0v) is 15.4. The fourth-order valence-corrected chi connectivity index (χ4v) is 2.59. The summed E-state index contributed by atoms with van der Waals surface area (Å²) in [6.07, 6.45) is 0.850. The van der Waals surface area contributed by atoms with Crippen molar-refractivity contribution in [3.8, 4) is 0 Å². The van der Waals surface area contributed by atoms with Crippen molar-refractivity contribution in [3.05, 3.63) is 35.4 Å². The fraction of sp³-hybridized carbons (Fsp3) is 0.529. The van der Waals surface area contributed by atoms with E-state index in [9.17, 15) is 9.59 Å². The van der Waals surface area contributed by atoms with Crippen LogP contribution in [0.2, 0.25) is 0 Å². The lowest BCUT2D eigenvalue weighted by Gasteiger charge is -2.28. The van der Waals surface area contributed by atoms with Gasteiger partial charge in [0.25, 0.3) is 0 Å². The molecule has 0 atom stereocenters. The van der Waals surface area contributed by atoms with Crippen LogP contribution in [0.5, 0.6) is 0 Å². The van der Waals surface area contributed by atoms with Gasteiger partial charge < -0.3 is 25.6 Å². The van der Waals surface area contributed by atoms with Gasteiger partial charge in [0.15, 0.2) is 0 Å². The van der Waals surface area contributed by atoms with E-state index in [1.807, 2.05) is 18.2 Å². The largest absolute Gasteiger partial charge is 0.383 e. The highest BCUT2D eigenvalue weighted by Crippen LogP contribution is 2.18. The molecule has 7 nitrogen and oxygen atoms in total. The van der Waals surface area contributed by atoms with Crippen LogP contribution >= 0.6 is 12.4 Å². The molecule has 0 bridgehead atoms. The van der Waals surface area contributed by atoms with Crippen LogP contribution in [-0.2, 0) is 22.5 Å². The molecule has 0 saturated carbocycles. The molecule has 0 spiro atoms. The standard InChI is InChI=1S/C17H26N4O3.ClH/c1-24-11-9-18-7-8-19-16(22)12-20-17(23)21-10-6-14-4-2-3-5-15(14)13-21;/h2-5,18H,6-13H2,1H3,(H,19,22)(H,20,23);1H. The van der Waals surface area contributed by atoms with Crippen LogP contribution in [0.3, 0.4) is 0 Å². The summed E-state index contributed by atoms with van der Waals surface area (Å²) in [5, 5.41) is 8.57. The highest BCUT2D eigenvalue weighted by atomic mass is 35.5. The summed E-state index contributed by atoms with van der Waals surface area (Å²) in [6.45, 7) is 3.85. The molecule has 0 aliphatic carbocycles. The summed E-state index contributed by atoms with van der Waals surface area (Å²) in [7, 11) is 1.65. The molecule has 0 fully saturated rings. The zero-order chi connectivity index (χ0) is 17.2. The number of ether oxygens (including phenoxy) is 1. The molecule has 1 aromatic carbocycles. The molecule has 3 amide bonds. The smallest absolute Gasteiger partial charge is 0.318 e. The summed E-state index contributed by atoms with van der Waals surface area (Å²) < 4.78 is 4.91. The van der Waals surface area contributed by atoms with Gasteiger partial charge in [-0.25, -0.2) is 4.79 Å². The van der Waals surface area contributed by atoms with E-state index in [0.717, 1.165) is 13.0 Å². The average molecular weight is 371 g/mol. The van der Waals surface area contributed by atoms with Crippen LogP contribution < -0.4 is 16.0 Å². The van der Waals surface area contributed by atoms with Crippen molar-refractivity contribution in [1.29, 1.82) is 0 Å². The van der Waals surface area contributed by atoms with Crippen LogP contribution in [0.25, 0.3) is 0 Å². The van der Waals surface area contributed by atoms with E-state index in [1.165, 1.54) is 11.1 Å². The van der Waals surface area contributed by atoms with Gasteiger partial charge in [0.1, 0.15) is 0 Å². The third kappa shape index (κ3) is 7.29. The molecular weight excluding hydrogens is 344 g/mol.